The van der Waals surface area contributed by atoms with E-state index in [0.29, 0.717) is 5.54 Å². The molecule has 0 aromatic heterocycles. The Bertz CT molecular complexity index is 285. The van der Waals surface area contributed by atoms with Crippen LogP contribution in [0, 0.1) is 0 Å². The Balaban J connectivity index is 2.07. The van der Waals surface area contributed by atoms with Crippen LogP contribution in [-0.4, -0.2) is 12.6 Å². The van der Waals surface area contributed by atoms with Crippen LogP contribution in [0.4, 0.5) is 0 Å². The highest BCUT2D eigenvalue weighted by atomic mass is 14.9. The molecule has 1 fully saturated rings. The van der Waals surface area contributed by atoms with Gasteiger partial charge in [0.05, 0.1) is 0 Å². The minimum Gasteiger partial charge on any atom is -0.314 e. The van der Waals surface area contributed by atoms with E-state index in [9.17, 15) is 0 Å². The van der Waals surface area contributed by atoms with Crippen molar-refractivity contribution in [3.8, 4) is 0 Å². The van der Waals surface area contributed by atoms with Gasteiger partial charge in [-0.1, -0.05) is 49.6 Å². The summed E-state index contributed by atoms with van der Waals surface area (Å²) in [6.07, 6.45) is 8.03. The number of rotatable bonds is 3. The summed E-state index contributed by atoms with van der Waals surface area (Å²) >= 11 is 0. The molecule has 1 saturated carbocycles. The van der Waals surface area contributed by atoms with Crippen LogP contribution in [-0.2, 0) is 6.42 Å². The number of likely N-dealkylation sites (N-methyl/N-ethyl adjacent to an activating group) is 1. The Hall–Kier alpha value is -0.820. The fourth-order valence-electron chi connectivity index (χ4n) is 2.73. The summed E-state index contributed by atoms with van der Waals surface area (Å²) in [6, 6.07) is 10.9. The Kier molecular flexibility index (Phi) is 3.42. The van der Waals surface area contributed by atoms with E-state index in [1.165, 1.54) is 44.1 Å². The van der Waals surface area contributed by atoms with Gasteiger partial charge in [-0.05, 0) is 31.9 Å². The summed E-state index contributed by atoms with van der Waals surface area (Å²) in [5.41, 5.74) is 1.84. The zero-order valence-corrected chi connectivity index (χ0v) is 9.63. The molecule has 0 aliphatic heterocycles. The summed E-state index contributed by atoms with van der Waals surface area (Å²) in [5.74, 6) is 0. The van der Waals surface area contributed by atoms with Gasteiger partial charge in [0, 0.05) is 5.54 Å². The van der Waals surface area contributed by atoms with Crippen molar-refractivity contribution < 1.29 is 0 Å². The molecule has 0 spiro atoms. The maximum Gasteiger partial charge on any atom is 0.0218 e. The molecular formula is C14H21N. The second-order valence-corrected chi connectivity index (χ2v) is 4.75. The predicted molar refractivity (Wildman–Crippen MR) is 65.0 cm³/mol. The number of nitrogens with one attached hydrogen (secondary N) is 1. The first-order chi connectivity index (χ1) is 7.35. The predicted octanol–water partition coefficient (Wildman–Crippen LogP) is 3.15. The van der Waals surface area contributed by atoms with E-state index in [4.69, 9.17) is 0 Å². The van der Waals surface area contributed by atoms with E-state index >= 15 is 0 Å². The number of benzene rings is 1. The highest BCUT2D eigenvalue weighted by Gasteiger charge is 2.29. The Morgan fingerprint density at radius 3 is 2.33 bits per heavy atom. The average molecular weight is 203 g/mol. The van der Waals surface area contributed by atoms with Crippen molar-refractivity contribution in [2.24, 2.45) is 0 Å². The lowest BCUT2D eigenvalue weighted by atomic mass is 9.77. The van der Waals surface area contributed by atoms with Crippen LogP contribution in [0.15, 0.2) is 30.3 Å². The minimum absolute atomic E-state index is 0.375. The molecule has 0 unspecified atom stereocenters. The molecule has 1 aromatic rings. The van der Waals surface area contributed by atoms with Crippen LogP contribution in [0.1, 0.15) is 37.7 Å². The van der Waals surface area contributed by atoms with Crippen molar-refractivity contribution in [2.75, 3.05) is 7.05 Å². The monoisotopic (exact) mass is 203 g/mol. The second-order valence-electron chi connectivity index (χ2n) is 4.75. The quantitative estimate of drug-likeness (QED) is 0.795. The standard InChI is InChI=1S/C14H21N/c1-15-14(10-6-3-7-11-14)12-13-8-4-2-5-9-13/h2,4-5,8-9,15H,3,6-7,10-12H2,1H3. The molecule has 2 rings (SSSR count). The van der Waals surface area contributed by atoms with Crippen LogP contribution in [0.2, 0.25) is 0 Å². The van der Waals surface area contributed by atoms with Crippen molar-refractivity contribution >= 4 is 0 Å². The lowest BCUT2D eigenvalue weighted by molar-refractivity contribution is 0.245. The summed E-state index contributed by atoms with van der Waals surface area (Å²) in [4.78, 5) is 0. The van der Waals surface area contributed by atoms with Gasteiger partial charge in [0.15, 0.2) is 0 Å². The lowest BCUT2D eigenvalue weighted by Gasteiger charge is -2.37. The number of hydrogen-bond donors (Lipinski definition) is 1. The van der Waals surface area contributed by atoms with Gasteiger partial charge in [0.1, 0.15) is 0 Å². The van der Waals surface area contributed by atoms with Gasteiger partial charge in [-0.25, -0.2) is 0 Å². The van der Waals surface area contributed by atoms with Gasteiger partial charge < -0.3 is 5.32 Å². The van der Waals surface area contributed by atoms with Gasteiger partial charge in [0.25, 0.3) is 0 Å². The van der Waals surface area contributed by atoms with Crippen molar-refractivity contribution in [1.82, 2.24) is 5.32 Å². The fourth-order valence-corrected chi connectivity index (χ4v) is 2.73. The third-order valence-electron chi connectivity index (χ3n) is 3.73. The van der Waals surface area contributed by atoms with Gasteiger partial charge in [-0.2, -0.15) is 0 Å². The molecule has 1 aliphatic carbocycles. The first kappa shape index (κ1) is 10.7. The smallest absolute Gasteiger partial charge is 0.0218 e. The van der Waals surface area contributed by atoms with Crippen LogP contribution < -0.4 is 5.32 Å². The molecule has 1 N–H and O–H groups in total. The van der Waals surface area contributed by atoms with E-state index in [-0.39, 0.29) is 0 Å². The molecular weight excluding hydrogens is 182 g/mol. The topological polar surface area (TPSA) is 12.0 Å². The zero-order chi connectivity index (χ0) is 10.6. The van der Waals surface area contributed by atoms with E-state index < -0.39 is 0 Å². The molecule has 0 amide bonds. The fraction of sp³-hybridized carbons (Fsp3) is 0.571. The molecule has 0 atom stereocenters. The van der Waals surface area contributed by atoms with E-state index in [0.717, 1.165) is 0 Å². The zero-order valence-electron chi connectivity index (χ0n) is 9.63. The highest BCUT2D eigenvalue weighted by Crippen LogP contribution is 2.30. The van der Waals surface area contributed by atoms with Crippen molar-refractivity contribution in [3.63, 3.8) is 0 Å². The molecule has 82 valence electrons. The molecule has 0 bridgehead atoms. The largest absolute Gasteiger partial charge is 0.314 e. The lowest BCUT2D eigenvalue weighted by Crippen LogP contribution is -2.46. The van der Waals surface area contributed by atoms with Gasteiger partial charge in [-0.3, -0.25) is 0 Å². The Labute approximate surface area is 92.9 Å². The van der Waals surface area contributed by atoms with Crippen molar-refractivity contribution in [1.29, 1.82) is 0 Å². The summed E-state index contributed by atoms with van der Waals surface area (Å²) < 4.78 is 0. The van der Waals surface area contributed by atoms with Gasteiger partial charge in [-0.15, -0.1) is 0 Å². The third kappa shape index (κ3) is 2.60. The van der Waals surface area contributed by atoms with Gasteiger partial charge in [0.2, 0.25) is 0 Å². The highest BCUT2D eigenvalue weighted by molar-refractivity contribution is 5.18. The van der Waals surface area contributed by atoms with Crippen LogP contribution in [0.5, 0.6) is 0 Å². The summed E-state index contributed by atoms with van der Waals surface area (Å²) in [7, 11) is 2.12. The normalized spacial score (nSPS) is 20.1. The molecule has 1 aliphatic rings. The Morgan fingerprint density at radius 2 is 1.73 bits per heavy atom. The molecule has 0 radical (unpaired) electrons. The molecule has 15 heavy (non-hydrogen) atoms. The molecule has 1 heteroatoms. The second kappa shape index (κ2) is 4.80. The van der Waals surface area contributed by atoms with Crippen LogP contribution in [0.25, 0.3) is 0 Å². The van der Waals surface area contributed by atoms with Crippen molar-refractivity contribution in [2.45, 2.75) is 44.1 Å². The Morgan fingerprint density at radius 1 is 1.07 bits per heavy atom. The van der Waals surface area contributed by atoms with Crippen molar-refractivity contribution in [3.05, 3.63) is 35.9 Å². The third-order valence-corrected chi connectivity index (χ3v) is 3.73. The minimum atomic E-state index is 0.375. The SMILES string of the molecule is CNC1(Cc2ccccc2)CCCCC1. The average Bonchev–Trinajstić information content (AvgIpc) is 2.32. The first-order valence-corrected chi connectivity index (χ1v) is 6.07. The molecule has 1 aromatic carbocycles. The van der Waals surface area contributed by atoms with E-state index in [1.54, 1.807) is 0 Å². The van der Waals surface area contributed by atoms with E-state index in [2.05, 4.69) is 42.7 Å². The van der Waals surface area contributed by atoms with Crippen LogP contribution >= 0.6 is 0 Å². The van der Waals surface area contributed by atoms with E-state index in [1.807, 2.05) is 0 Å². The summed E-state index contributed by atoms with van der Waals surface area (Å²) in [5, 5.41) is 3.57. The molecule has 0 saturated heterocycles. The summed E-state index contributed by atoms with van der Waals surface area (Å²) in [6.45, 7) is 0. The molecule has 1 nitrogen and oxygen atoms in total. The maximum atomic E-state index is 3.57. The van der Waals surface area contributed by atoms with Gasteiger partial charge >= 0.3 is 0 Å². The maximum absolute atomic E-state index is 3.57. The van der Waals surface area contributed by atoms with Crippen LogP contribution in [0.3, 0.4) is 0 Å². The first-order valence-electron chi connectivity index (χ1n) is 6.07. The molecule has 0 heterocycles. The number of hydrogen-bond acceptors (Lipinski definition) is 1.